The number of rotatable bonds is 4. The van der Waals surface area contributed by atoms with Crippen molar-refractivity contribution in [2.24, 2.45) is 0 Å². The van der Waals surface area contributed by atoms with Crippen LogP contribution in [0.25, 0.3) is 28.3 Å². The summed E-state index contributed by atoms with van der Waals surface area (Å²) in [7, 11) is 0. The zero-order valence-corrected chi connectivity index (χ0v) is 16.6. The Balaban J connectivity index is 1.66. The van der Waals surface area contributed by atoms with Crippen LogP contribution in [0.15, 0.2) is 76.8 Å². The van der Waals surface area contributed by atoms with E-state index in [1.165, 1.54) is 0 Å². The Kier molecular flexibility index (Phi) is 5.15. The van der Waals surface area contributed by atoms with E-state index in [-0.39, 0.29) is 5.57 Å². The van der Waals surface area contributed by atoms with Crippen molar-refractivity contribution in [2.45, 2.75) is 13.8 Å². The molecule has 0 atom stereocenters. The van der Waals surface area contributed by atoms with E-state index in [4.69, 9.17) is 4.52 Å². The average Bonchev–Trinajstić information content (AvgIpc) is 3.18. The lowest BCUT2D eigenvalue weighted by Gasteiger charge is -2.08. The molecule has 1 heterocycles. The van der Waals surface area contributed by atoms with Crippen LogP contribution in [-0.2, 0) is 4.79 Å². The van der Waals surface area contributed by atoms with Gasteiger partial charge in [-0.05, 0) is 49.2 Å². The van der Waals surface area contributed by atoms with Crippen LogP contribution in [0.5, 0.6) is 0 Å². The van der Waals surface area contributed by atoms with Crippen molar-refractivity contribution in [1.29, 1.82) is 5.26 Å². The number of nitrogens with one attached hydrogen (secondary N) is 1. The first-order chi connectivity index (χ1) is 14.5. The second kappa shape index (κ2) is 8.06. The zero-order valence-electron chi connectivity index (χ0n) is 16.6. The predicted molar refractivity (Wildman–Crippen MR) is 118 cm³/mol. The molecule has 5 heteroatoms. The quantitative estimate of drug-likeness (QED) is 0.358. The van der Waals surface area contributed by atoms with E-state index in [0.29, 0.717) is 17.0 Å². The second-order valence-electron chi connectivity index (χ2n) is 7.10. The highest BCUT2D eigenvalue weighted by Gasteiger charge is 2.13. The molecule has 0 spiro atoms. The van der Waals surface area contributed by atoms with Crippen LogP contribution in [0.3, 0.4) is 0 Å². The molecule has 0 aliphatic carbocycles. The number of anilines is 1. The summed E-state index contributed by atoms with van der Waals surface area (Å²) in [6.45, 7) is 3.91. The van der Waals surface area contributed by atoms with Gasteiger partial charge in [-0.3, -0.25) is 4.79 Å². The minimum Gasteiger partial charge on any atom is -0.355 e. The standard InChI is InChI=1S/C25H19N3O2/c1-16-8-10-22(17(2)12-16)27-25(29)20(15-26)13-18-9-11-23-21(14-18)24(30-28-23)19-6-4-3-5-7-19/h3-14H,1-2H3,(H,27,29)/b20-13+. The van der Waals surface area contributed by atoms with Crippen LogP contribution in [0.4, 0.5) is 5.69 Å². The van der Waals surface area contributed by atoms with Gasteiger partial charge in [0.05, 0.1) is 5.39 Å². The Morgan fingerprint density at radius 1 is 1.07 bits per heavy atom. The third-order valence-electron chi connectivity index (χ3n) is 4.84. The van der Waals surface area contributed by atoms with Gasteiger partial charge in [0.1, 0.15) is 17.2 Å². The Hall–Kier alpha value is -4.17. The van der Waals surface area contributed by atoms with Crippen LogP contribution < -0.4 is 5.32 Å². The van der Waals surface area contributed by atoms with Crippen LogP contribution in [0.2, 0.25) is 0 Å². The summed E-state index contributed by atoms with van der Waals surface area (Å²) in [5.41, 5.74) is 5.10. The van der Waals surface area contributed by atoms with Crippen molar-refractivity contribution in [3.05, 3.63) is 89.0 Å². The Morgan fingerprint density at radius 2 is 1.87 bits per heavy atom. The number of hydrogen-bond acceptors (Lipinski definition) is 4. The first-order valence-corrected chi connectivity index (χ1v) is 9.50. The number of nitrogens with zero attached hydrogens (tertiary/aromatic N) is 2. The van der Waals surface area contributed by atoms with E-state index >= 15 is 0 Å². The van der Waals surface area contributed by atoms with Crippen molar-refractivity contribution in [3.8, 4) is 17.4 Å². The highest BCUT2D eigenvalue weighted by atomic mass is 16.5. The topological polar surface area (TPSA) is 78.9 Å². The summed E-state index contributed by atoms with van der Waals surface area (Å²) in [6.07, 6.45) is 1.57. The number of fused-ring (bicyclic) bond motifs is 1. The van der Waals surface area contributed by atoms with Gasteiger partial charge in [-0.25, -0.2) is 0 Å². The molecule has 0 aliphatic rings. The fourth-order valence-electron chi connectivity index (χ4n) is 3.31. The number of carbonyl (C=O) groups is 1. The summed E-state index contributed by atoms with van der Waals surface area (Å²) in [5, 5.41) is 17.3. The average molecular weight is 393 g/mol. The van der Waals surface area contributed by atoms with Gasteiger partial charge in [-0.1, -0.05) is 59.3 Å². The van der Waals surface area contributed by atoms with Crippen LogP contribution >= 0.6 is 0 Å². The molecule has 1 N–H and O–H groups in total. The Bertz CT molecular complexity index is 1310. The molecule has 0 radical (unpaired) electrons. The lowest BCUT2D eigenvalue weighted by atomic mass is 10.0. The lowest BCUT2D eigenvalue weighted by Crippen LogP contribution is -2.14. The molecule has 1 aromatic heterocycles. The first-order valence-electron chi connectivity index (χ1n) is 9.50. The van der Waals surface area contributed by atoms with Gasteiger partial charge < -0.3 is 9.84 Å². The van der Waals surface area contributed by atoms with Gasteiger partial charge in [0, 0.05) is 11.3 Å². The molecule has 3 aromatic carbocycles. The van der Waals surface area contributed by atoms with Crippen LogP contribution in [0, 0.1) is 25.2 Å². The van der Waals surface area contributed by atoms with Crippen molar-refractivity contribution < 1.29 is 9.32 Å². The Morgan fingerprint density at radius 3 is 2.60 bits per heavy atom. The third-order valence-corrected chi connectivity index (χ3v) is 4.84. The van der Waals surface area contributed by atoms with Gasteiger partial charge in [0.2, 0.25) is 0 Å². The molecular weight excluding hydrogens is 374 g/mol. The maximum atomic E-state index is 12.7. The highest BCUT2D eigenvalue weighted by molar-refractivity contribution is 6.10. The summed E-state index contributed by atoms with van der Waals surface area (Å²) in [5.74, 6) is 0.206. The van der Waals surface area contributed by atoms with E-state index in [1.54, 1.807) is 12.1 Å². The van der Waals surface area contributed by atoms with Crippen molar-refractivity contribution in [3.63, 3.8) is 0 Å². The molecule has 0 fully saturated rings. The molecule has 0 aliphatic heterocycles. The predicted octanol–water partition coefficient (Wildman–Crippen LogP) is 5.66. The molecule has 4 rings (SSSR count). The van der Waals surface area contributed by atoms with Crippen molar-refractivity contribution in [2.75, 3.05) is 5.32 Å². The van der Waals surface area contributed by atoms with Crippen LogP contribution in [0.1, 0.15) is 16.7 Å². The number of hydrogen-bond donors (Lipinski definition) is 1. The molecule has 146 valence electrons. The van der Waals surface area contributed by atoms with E-state index < -0.39 is 5.91 Å². The molecule has 1 amide bonds. The molecule has 30 heavy (non-hydrogen) atoms. The SMILES string of the molecule is Cc1ccc(NC(=O)/C(C#N)=C/c2ccc3noc(-c4ccccc4)c3c2)c(C)c1. The fourth-order valence-corrected chi connectivity index (χ4v) is 3.31. The van der Waals surface area contributed by atoms with Gasteiger partial charge in [0.25, 0.3) is 5.91 Å². The van der Waals surface area contributed by atoms with Crippen LogP contribution in [-0.4, -0.2) is 11.1 Å². The number of aryl methyl sites for hydroxylation is 2. The van der Waals surface area contributed by atoms with Gasteiger partial charge in [-0.2, -0.15) is 5.26 Å². The molecular formula is C25H19N3O2. The maximum Gasteiger partial charge on any atom is 0.266 e. The number of benzene rings is 3. The minimum absolute atomic E-state index is 0.0204. The largest absolute Gasteiger partial charge is 0.355 e. The van der Waals surface area contributed by atoms with Gasteiger partial charge in [0.15, 0.2) is 5.76 Å². The number of amides is 1. The third kappa shape index (κ3) is 3.85. The molecule has 4 aromatic rings. The van der Waals surface area contributed by atoms with Gasteiger partial charge in [-0.15, -0.1) is 0 Å². The number of aromatic nitrogens is 1. The lowest BCUT2D eigenvalue weighted by molar-refractivity contribution is -0.112. The molecule has 5 nitrogen and oxygen atoms in total. The van der Waals surface area contributed by atoms with Crippen molar-refractivity contribution in [1.82, 2.24) is 5.16 Å². The maximum absolute atomic E-state index is 12.7. The summed E-state index contributed by atoms with van der Waals surface area (Å²) < 4.78 is 5.52. The molecule has 0 bridgehead atoms. The summed E-state index contributed by atoms with van der Waals surface area (Å²) >= 11 is 0. The summed E-state index contributed by atoms with van der Waals surface area (Å²) in [6, 6.07) is 22.9. The highest BCUT2D eigenvalue weighted by Crippen LogP contribution is 2.29. The molecule has 0 saturated carbocycles. The summed E-state index contributed by atoms with van der Waals surface area (Å²) in [4.78, 5) is 12.7. The first kappa shape index (κ1) is 19.2. The molecule has 0 unspecified atom stereocenters. The van der Waals surface area contributed by atoms with E-state index in [2.05, 4.69) is 10.5 Å². The Labute approximate surface area is 174 Å². The monoisotopic (exact) mass is 393 g/mol. The minimum atomic E-state index is -0.446. The van der Waals surface area contributed by atoms with E-state index in [0.717, 1.165) is 27.6 Å². The second-order valence-corrected chi connectivity index (χ2v) is 7.10. The fraction of sp³-hybridized carbons (Fsp3) is 0.0800. The number of carbonyl (C=O) groups excluding carboxylic acids is 1. The number of nitriles is 1. The molecule has 0 saturated heterocycles. The zero-order chi connectivity index (χ0) is 21.1. The van der Waals surface area contributed by atoms with Gasteiger partial charge >= 0.3 is 0 Å². The van der Waals surface area contributed by atoms with E-state index in [9.17, 15) is 10.1 Å². The van der Waals surface area contributed by atoms with E-state index in [1.807, 2.05) is 80.6 Å². The van der Waals surface area contributed by atoms with Crippen molar-refractivity contribution >= 4 is 28.6 Å². The smallest absolute Gasteiger partial charge is 0.266 e. The normalized spacial score (nSPS) is 11.3.